The molecular weight excluding hydrogens is 222 g/mol. The minimum absolute atomic E-state index is 0.0833. The second-order valence-corrected chi connectivity index (χ2v) is 5.01. The van der Waals surface area contributed by atoms with Crippen molar-refractivity contribution in [3.8, 4) is 0 Å². The van der Waals surface area contributed by atoms with E-state index in [1.807, 2.05) is 24.3 Å². The standard InChI is InChI=1S/C13H18ClNO/c14-12-5-3-10(4-6-12)7-13(15)9-16-8-11-1-2-11/h3-6,11,13H,1-2,7-9,15H2. The Kier molecular flexibility index (Phi) is 4.22. The van der Waals surface area contributed by atoms with E-state index in [4.69, 9.17) is 22.1 Å². The topological polar surface area (TPSA) is 35.2 Å². The van der Waals surface area contributed by atoms with Crippen LogP contribution in [-0.2, 0) is 11.2 Å². The van der Waals surface area contributed by atoms with E-state index in [0.29, 0.717) is 6.61 Å². The molecule has 2 nitrogen and oxygen atoms in total. The lowest BCUT2D eigenvalue weighted by Crippen LogP contribution is -2.29. The zero-order valence-electron chi connectivity index (χ0n) is 9.36. The molecule has 0 amide bonds. The van der Waals surface area contributed by atoms with Crippen LogP contribution < -0.4 is 5.73 Å². The van der Waals surface area contributed by atoms with Crippen molar-refractivity contribution in [3.63, 3.8) is 0 Å². The van der Waals surface area contributed by atoms with Crippen LogP contribution in [0.2, 0.25) is 5.02 Å². The van der Waals surface area contributed by atoms with Crippen molar-refractivity contribution in [2.75, 3.05) is 13.2 Å². The lowest BCUT2D eigenvalue weighted by atomic mass is 10.1. The van der Waals surface area contributed by atoms with Crippen molar-refractivity contribution in [1.29, 1.82) is 0 Å². The van der Waals surface area contributed by atoms with Gasteiger partial charge in [0.25, 0.3) is 0 Å². The predicted molar refractivity (Wildman–Crippen MR) is 66.7 cm³/mol. The van der Waals surface area contributed by atoms with Gasteiger partial charge in [0.05, 0.1) is 6.61 Å². The lowest BCUT2D eigenvalue weighted by Gasteiger charge is -2.12. The van der Waals surface area contributed by atoms with Gasteiger partial charge in [-0.3, -0.25) is 0 Å². The van der Waals surface area contributed by atoms with Crippen LogP contribution in [0.4, 0.5) is 0 Å². The molecular formula is C13H18ClNO. The molecule has 0 saturated heterocycles. The molecule has 1 aromatic rings. The molecule has 1 aliphatic rings. The van der Waals surface area contributed by atoms with Gasteiger partial charge in [0.2, 0.25) is 0 Å². The van der Waals surface area contributed by atoms with Gasteiger partial charge < -0.3 is 10.5 Å². The molecule has 0 spiro atoms. The highest BCUT2D eigenvalue weighted by Crippen LogP contribution is 2.28. The Balaban J connectivity index is 1.68. The zero-order chi connectivity index (χ0) is 11.4. The van der Waals surface area contributed by atoms with Crippen LogP contribution >= 0.6 is 11.6 Å². The van der Waals surface area contributed by atoms with Gasteiger partial charge in [0, 0.05) is 17.7 Å². The van der Waals surface area contributed by atoms with Crippen LogP contribution in [0.3, 0.4) is 0 Å². The molecule has 1 fully saturated rings. The first-order valence-electron chi connectivity index (χ1n) is 5.82. The first kappa shape index (κ1) is 11.9. The fourth-order valence-corrected chi connectivity index (χ4v) is 1.78. The normalized spacial score (nSPS) is 17.4. The average molecular weight is 240 g/mol. The van der Waals surface area contributed by atoms with E-state index < -0.39 is 0 Å². The molecule has 2 N–H and O–H groups in total. The Labute approximate surface area is 102 Å². The minimum atomic E-state index is 0.0833. The molecule has 16 heavy (non-hydrogen) atoms. The van der Waals surface area contributed by atoms with E-state index in [9.17, 15) is 0 Å². The Morgan fingerprint density at radius 1 is 1.31 bits per heavy atom. The van der Waals surface area contributed by atoms with Crippen molar-refractivity contribution in [3.05, 3.63) is 34.9 Å². The summed E-state index contributed by atoms with van der Waals surface area (Å²) in [5.74, 6) is 0.808. The fourth-order valence-electron chi connectivity index (χ4n) is 1.65. The third-order valence-electron chi connectivity index (χ3n) is 2.79. The Morgan fingerprint density at radius 2 is 2.00 bits per heavy atom. The Bertz CT molecular complexity index is 321. The SMILES string of the molecule is NC(COCC1CC1)Cc1ccc(Cl)cc1. The highest BCUT2D eigenvalue weighted by atomic mass is 35.5. The third kappa shape index (κ3) is 4.12. The molecule has 1 aliphatic carbocycles. The minimum Gasteiger partial charge on any atom is -0.380 e. The van der Waals surface area contributed by atoms with Crippen molar-refractivity contribution < 1.29 is 4.74 Å². The third-order valence-corrected chi connectivity index (χ3v) is 3.05. The van der Waals surface area contributed by atoms with Gasteiger partial charge in [-0.2, -0.15) is 0 Å². The summed E-state index contributed by atoms with van der Waals surface area (Å²) < 4.78 is 5.56. The molecule has 0 aromatic heterocycles. The molecule has 2 rings (SSSR count). The van der Waals surface area contributed by atoms with Gasteiger partial charge >= 0.3 is 0 Å². The average Bonchev–Trinajstić information content (AvgIpc) is 3.05. The maximum Gasteiger partial charge on any atom is 0.0620 e. The maximum atomic E-state index is 5.99. The van der Waals surface area contributed by atoms with Gasteiger partial charge in [0.15, 0.2) is 0 Å². The molecule has 1 aromatic carbocycles. The molecule has 0 bridgehead atoms. The number of ether oxygens (including phenoxy) is 1. The quantitative estimate of drug-likeness (QED) is 0.829. The van der Waals surface area contributed by atoms with Gasteiger partial charge in [-0.05, 0) is 42.9 Å². The number of hydrogen-bond donors (Lipinski definition) is 1. The first-order chi connectivity index (χ1) is 7.74. The number of nitrogens with two attached hydrogens (primary N) is 1. The molecule has 88 valence electrons. The number of hydrogen-bond acceptors (Lipinski definition) is 2. The Hall–Kier alpha value is -0.570. The fraction of sp³-hybridized carbons (Fsp3) is 0.538. The molecule has 0 heterocycles. The monoisotopic (exact) mass is 239 g/mol. The van der Waals surface area contributed by atoms with Crippen LogP contribution in [0.25, 0.3) is 0 Å². The van der Waals surface area contributed by atoms with E-state index in [0.717, 1.165) is 24.0 Å². The highest BCUT2D eigenvalue weighted by Gasteiger charge is 2.21. The van der Waals surface area contributed by atoms with Crippen molar-refractivity contribution in [1.82, 2.24) is 0 Å². The summed E-state index contributed by atoms with van der Waals surface area (Å²) in [5, 5.41) is 0.766. The van der Waals surface area contributed by atoms with E-state index in [2.05, 4.69) is 0 Å². The Morgan fingerprint density at radius 3 is 2.62 bits per heavy atom. The summed E-state index contributed by atoms with van der Waals surface area (Å²) in [6.45, 7) is 1.54. The van der Waals surface area contributed by atoms with Crippen molar-refractivity contribution >= 4 is 11.6 Å². The lowest BCUT2D eigenvalue weighted by molar-refractivity contribution is 0.112. The summed E-state index contributed by atoms with van der Waals surface area (Å²) in [6, 6.07) is 7.91. The summed E-state index contributed by atoms with van der Waals surface area (Å²) in [6.07, 6.45) is 3.50. The smallest absolute Gasteiger partial charge is 0.0620 e. The molecule has 0 aliphatic heterocycles. The number of benzene rings is 1. The van der Waals surface area contributed by atoms with Crippen molar-refractivity contribution in [2.45, 2.75) is 25.3 Å². The van der Waals surface area contributed by atoms with E-state index in [1.165, 1.54) is 18.4 Å². The summed E-state index contributed by atoms with van der Waals surface area (Å²) >= 11 is 5.82. The molecule has 1 saturated carbocycles. The number of rotatable bonds is 6. The van der Waals surface area contributed by atoms with Crippen molar-refractivity contribution in [2.24, 2.45) is 11.7 Å². The van der Waals surface area contributed by atoms with Crippen LogP contribution in [0.1, 0.15) is 18.4 Å². The second-order valence-electron chi connectivity index (χ2n) is 4.57. The first-order valence-corrected chi connectivity index (χ1v) is 6.19. The van der Waals surface area contributed by atoms with Crippen LogP contribution in [0.15, 0.2) is 24.3 Å². The number of halogens is 1. The predicted octanol–water partition coefficient (Wildman–Crippen LogP) is 2.64. The van der Waals surface area contributed by atoms with Gasteiger partial charge in [-0.25, -0.2) is 0 Å². The summed E-state index contributed by atoms with van der Waals surface area (Å²) in [4.78, 5) is 0. The maximum absolute atomic E-state index is 5.99. The summed E-state index contributed by atoms with van der Waals surface area (Å²) in [7, 11) is 0. The van der Waals surface area contributed by atoms with E-state index in [-0.39, 0.29) is 6.04 Å². The van der Waals surface area contributed by atoms with E-state index >= 15 is 0 Å². The van der Waals surface area contributed by atoms with Gasteiger partial charge in [-0.15, -0.1) is 0 Å². The molecule has 3 heteroatoms. The van der Waals surface area contributed by atoms with Crippen LogP contribution in [0, 0.1) is 5.92 Å². The second kappa shape index (κ2) is 5.67. The molecule has 1 unspecified atom stereocenters. The summed E-state index contributed by atoms with van der Waals surface area (Å²) in [5.41, 5.74) is 7.21. The molecule has 1 atom stereocenters. The largest absolute Gasteiger partial charge is 0.380 e. The molecule has 0 radical (unpaired) electrons. The van der Waals surface area contributed by atoms with Gasteiger partial charge in [-0.1, -0.05) is 23.7 Å². The van der Waals surface area contributed by atoms with E-state index in [1.54, 1.807) is 0 Å². The zero-order valence-corrected chi connectivity index (χ0v) is 10.1. The van der Waals surface area contributed by atoms with Crippen LogP contribution in [-0.4, -0.2) is 19.3 Å². The van der Waals surface area contributed by atoms with Gasteiger partial charge in [0.1, 0.15) is 0 Å². The van der Waals surface area contributed by atoms with Crippen LogP contribution in [0.5, 0.6) is 0 Å². The highest BCUT2D eigenvalue weighted by molar-refractivity contribution is 6.30.